The predicted molar refractivity (Wildman–Crippen MR) is 95.2 cm³/mol. The van der Waals surface area contributed by atoms with Gasteiger partial charge in [0.2, 0.25) is 5.88 Å². The van der Waals surface area contributed by atoms with E-state index in [4.69, 9.17) is 4.99 Å². The Kier molecular flexibility index (Phi) is 3.52. The van der Waals surface area contributed by atoms with E-state index in [0.29, 0.717) is 41.7 Å². The third kappa shape index (κ3) is 2.96. The van der Waals surface area contributed by atoms with Gasteiger partial charge in [-0.3, -0.25) is 9.98 Å². The molecule has 0 amide bonds. The van der Waals surface area contributed by atoms with Gasteiger partial charge in [0.1, 0.15) is 17.7 Å². The van der Waals surface area contributed by atoms with E-state index in [1.165, 1.54) is 0 Å². The molecule has 0 unspecified atom stereocenters. The fourth-order valence-electron chi connectivity index (χ4n) is 3.27. The molecular formula is C17H18FN7O2. The van der Waals surface area contributed by atoms with Crippen LogP contribution in [0.25, 0.3) is 11.7 Å². The fraction of sp³-hybridized carbons (Fsp3) is 0.412. The summed E-state index contributed by atoms with van der Waals surface area (Å²) in [5, 5.41) is 14.8. The minimum atomic E-state index is -0.857. The average Bonchev–Trinajstić information content (AvgIpc) is 3.04. The Morgan fingerprint density at radius 1 is 1.33 bits per heavy atom. The van der Waals surface area contributed by atoms with Crippen LogP contribution in [0.4, 0.5) is 10.2 Å². The topological polar surface area (TPSA) is 115 Å². The third-order valence-electron chi connectivity index (χ3n) is 4.82. The van der Waals surface area contributed by atoms with Crippen LogP contribution in [0, 0.1) is 0 Å². The van der Waals surface area contributed by atoms with Crippen molar-refractivity contribution in [2.45, 2.75) is 31.5 Å². The van der Waals surface area contributed by atoms with Gasteiger partial charge in [-0.05, 0) is 25.3 Å². The van der Waals surface area contributed by atoms with E-state index in [1.54, 1.807) is 16.8 Å². The Hall–Kier alpha value is -3.17. The number of hydrogen-bond acceptors (Lipinski definition) is 6. The van der Waals surface area contributed by atoms with Crippen LogP contribution < -0.4 is 21.3 Å². The van der Waals surface area contributed by atoms with E-state index >= 15 is 0 Å². The number of hydrogen-bond donors (Lipinski definition) is 3. The van der Waals surface area contributed by atoms with Crippen molar-refractivity contribution in [3.63, 3.8) is 0 Å². The fourth-order valence-corrected chi connectivity index (χ4v) is 3.27. The lowest BCUT2D eigenvalue weighted by atomic mass is 10.3. The number of nitrogens with zero attached hydrogens (tertiary/aromatic N) is 5. The van der Waals surface area contributed by atoms with Crippen molar-refractivity contribution >= 4 is 17.5 Å². The molecule has 9 nitrogen and oxygen atoms in total. The molecule has 5 rings (SSSR count). The Balaban J connectivity index is 1.71. The molecule has 140 valence electrons. The second-order valence-electron chi connectivity index (χ2n) is 6.99. The van der Waals surface area contributed by atoms with Gasteiger partial charge in [-0.1, -0.05) is 0 Å². The molecule has 10 heteroatoms. The zero-order valence-corrected chi connectivity index (χ0v) is 14.4. The summed E-state index contributed by atoms with van der Waals surface area (Å²) in [6.45, 7) is 0.914. The van der Waals surface area contributed by atoms with Gasteiger partial charge in [0.15, 0.2) is 11.1 Å². The second kappa shape index (κ2) is 5.93. The van der Waals surface area contributed by atoms with E-state index < -0.39 is 11.9 Å². The molecule has 27 heavy (non-hydrogen) atoms. The molecule has 0 spiro atoms. The van der Waals surface area contributed by atoms with Crippen molar-refractivity contribution in [3.8, 4) is 5.88 Å². The number of imidazole rings is 1. The quantitative estimate of drug-likeness (QED) is 0.580. The maximum absolute atomic E-state index is 13.7. The molecule has 0 bridgehead atoms. The van der Waals surface area contributed by atoms with Gasteiger partial charge in [0, 0.05) is 17.8 Å². The maximum Gasteiger partial charge on any atom is 0.326 e. The summed E-state index contributed by atoms with van der Waals surface area (Å²) in [4.78, 5) is 27.4. The van der Waals surface area contributed by atoms with E-state index in [9.17, 15) is 14.3 Å². The molecule has 3 aromatic rings. The lowest BCUT2D eigenvalue weighted by Gasteiger charge is -2.16. The van der Waals surface area contributed by atoms with E-state index in [2.05, 4.69) is 20.1 Å². The molecule has 3 N–H and O–H groups in total. The van der Waals surface area contributed by atoms with Crippen molar-refractivity contribution < 1.29 is 9.50 Å². The Bertz CT molecular complexity index is 1190. The van der Waals surface area contributed by atoms with Crippen LogP contribution in [0.3, 0.4) is 0 Å². The van der Waals surface area contributed by atoms with Crippen LogP contribution in [0.1, 0.15) is 25.0 Å². The maximum atomic E-state index is 13.7. The van der Waals surface area contributed by atoms with Crippen molar-refractivity contribution in [3.05, 3.63) is 39.1 Å². The van der Waals surface area contributed by atoms with Crippen LogP contribution in [0.5, 0.6) is 5.88 Å². The normalized spacial score (nSPS) is 21.7. The standard InChI is InChI=1S/C17H18FN7O2/c18-10-3-4-24(8-10)13-6-14(20-11-1-2-11)25-15(22-13)9(7-19-25)5-12-16(26)23-17(27)21-12/h5-7,10-11,26H,1-4,8H2,(H2,21,23,27)/t10-/m0/s1. The van der Waals surface area contributed by atoms with Crippen LogP contribution in [-0.4, -0.2) is 55.0 Å². The molecule has 1 atom stereocenters. The van der Waals surface area contributed by atoms with Gasteiger partial charge in [0.25, 0.3) is 0 Å². The number of anilines is 1. The van der Waals surface area contributed by atoms with E-state index in [-0.39, 0.29) is 17.6 Å². The number of aromatic hydroxyl groups is 1. The number of halogens is 1. The number of H-pyrrole nitrogens is 2. The summed E-state index contributed by atoms with van der Waals surface area (Å²) in [5.74, 6) is 0.405. The molecule has 1 aliphatic carbocycles. The second-order valence-corrected chi connectivity index (χ2v) is 6.99. The van der Waals surface area contributed by atoms with Gasteiger partial charge >= 0.3 is 5.69 Å². The van der Waals surface area contributed by atoms with Gasteiger partial charge in [-0.25, -0.2) is 14.2 Å². The number of aromatic amines is 2. The van der Waals surface area contributed by atoms with Crippen molar-refractivity contribution in [1.82, 2.24) is 24.6 Å². The van der Waals surface area contributed by atoms with Crippen LogP contribution >= 0.6 is 0 Å². The zero-order valence-electron chi connectivity index (χ0n) is 14.4. The van der Waals surface area contributed by atoms with Crippen LogP contribution in [0.15, 0.2) is 22.1 Å². The van der Waals surface area contributed by atoms with Crippen LogP contribution in [0.2, 0.25) is 0 Å². The molecule has 1 saturated carbocycles. The smallest absolute Gasteiger partial charge is 0.326 e. The number of nitrogens with one attached hydrogen (secondary N) is 2. The van der Waals surface area contributed by atoms with Gasteiger partial charge in [-0.15, -0.1) is 0 Å². The highest BCUT2D eigenvalue weighted by Crippen LogP contribution is 2.23. The lowest BCUT2D eigenvalue weighted by molar-refractivity contribution is 0.364. The molecule has 2 fully saturated rings. The minimum Gasteiger partial charge on any atom is -0.493 e. The molecule has 0 aromatic carbocycles. The van der Waals surface area contributed by atoms with Crippen molar-refractivity contribution in [2.24, 2.45) is 4.99 Å². The molecule has 0 radical (unpaired) electrons. The lowest BCUT2D eigenvalue weighted by Crippen LogP contribution is -2.26. The molecule has 1 saturated heterocycles. The first-order valence-corrected chi connectivity index (χ1v) is 8.91. The minimum absolute atomic E-state index is 0.243. The summed E-state index contributed by atoms with van der Waals surface area (Å²) in [7, 11) is 0. The Morgan fingerprint density at radius 2 is 2.19 bits per heavy atom. The summed E-state index contributed by atoms with van der Waals surface area (Å²) in [5.41, 5.74) is 0.953. The SMILES string of the molecule is O=c1[nH]c(O)c(C=c2cnn3c(=NC4CC4)cc(N4CC[C@H](F)C4)nc23)[nH]1. The first kappa shape index (κ1) is 16.0. The highest BCUT2D eigenvalue weighted by Gasteiger charge is 2.25. The highest BCUT2D eigenvalue weighted by molar-refractivity contribution is 5.58. The average molecular weight is 371 g/mol. The molecule has 1 aliphatic heterocycles. The van der Waals surface area contributed by atoms with Gasteiger partial charge in [0.05, 0.1) is 18.8 Å². The zero-order chi connectivity index (χ0) is 18.5. The molecule has 4 heterocycles. The first-order valence-electron chi connectivity index (χ1n) is 8.91. The van der Waals surface area contributed by atoms with Crippen LogP contribution in [-0.2, 0) is 0 Å². The summed E-state index contributed by atoms with van der Waals surface area (Å²) >= 11 is 0. The number of fused-ring (bicyclic) bond motifs is 1. The van der Waals surface area contributed by atoms with Gasteiger partial charge < -0.3 is 15.0 Å². The molecule has 3 aromatic heterocycles. The van der Waals surface area contributed by atoms with E-state index in [1.807, 2.05) is 11.0 Å². The number of rotatable bonds is 3. The first-order chi connectivity index (χ1) is 13.1. The third-order valence-corrected chi connectivity index (χ3v) is 4.82. The summed E-state index contributed by atoms with van der Waals surface area (Å²) in [6, 6.07) is 2.13. The van der Waals surface area contributed by atoms with Crippen molar-refractivity contribution in [2.75, 3.05) is 18.0 Å². The van der Waals surface area contributed by atoms with Gasteiger partial charge in [-0.2, -0.15) is 9.61 Å². The molecule has 2 aliphatic rings. The van der Waals surface area contributed by atoms with Crippen molar-refractivity contribution in [1.29, 1.82) is 0 Å². The summed E-state index contributed by atoms with van der Waals surface area (Å²) in [6.07, 6.45) is 4.92. The number of alkyl halides is 1. The largest absolute Gasteiger partial charge is 0.493 e. The Labute approximate surface area is 151 Å². The monoisotopic (exact) mass is 371 g/mol. The summed E-state index contributed by atoms with van der Waals surface area (Å²) < 4.78 is 15.3. The van der Waals surface area contributed by atoms with E-state index in [0.717, 1.165) is 12.8 Å². The Morgan fingerprint density at radius 3 is 2.85 bits per heavy atom. The highest BCUT2D eigenvalue weighted by atomic mass is 19.1. The predicted octanol–water partition coefficient (Wildman–Crippen LogP) is -0.390. The molecular weight excluding hydrogens is 353 g/mol. The number of aromatic nitrogens is 5.